The molecule has 6 heteroatoms. The largest absolute Gasteiger partial charge is 0.391 e. The minimum absolute atomic E-state index is 0.0118. The number of aliphatic hydroxyl groups is 1. The number of piperidine rings is 1. The van der Waals surface area contributed by atoms with Crippen LogP contribution in [0, 0.1) is 12.8 Å². The molecule has 1 aromatic heterocycles. The van der Waals surface area contributed by atoms with Crippen molar-refractivity contribution in [1.82, 2.24) is 19.6 Å². The molecule has 1 saturated heterocycles. The monoisotopic (exact) mass is 308 g/mol. The van der Waals surface area contributed by atoms with E-state index in [0.29, 0.717) is 18.7 Å². The summed E-state index contributed by atoms with van der Waals surface area (Å²) in [5.74, 6) is 0.227. The van der Waals surface area contributed by atoms with Crippen molar-refractivity contribution in [3.05, 3.63) is 17.5 Å². The van der Waals surface area contributed by atoms with E-state index in [1.54, 1.807) is 11.1 Å². The third kappa shape index (κ3) is 3.67. The van der Waals surface area contributed by atoms with Gasteiger partial charge in [0.05, 0.1) is 17.9 Å². The molecule has 1 aliphatic rings. The van der Waals surface area contributed by atoms with E-state index in [1.165, 1.54) is 0 Å². The third-order valence-electron chi connectivity index (χ3n) is 4.38. The predicted octanol–water partition coefficient (Wildman–Crippen LogP) is 0.986. The summed E-state index contributed by atoms with van der Waals surface area (Å²) in [6.45, 7) is 6.82. The first-order chi connectivity index (χ1) is 10.4. The van der Waals surface area contributed by atoms with Crippen molar-refractivity contribution in [2.24, 2.45) is 5.92 Å². The van der Waals surface area contributed by atoms with Gasteiger partial charge < -0.3 is 14.9 Å². The van der Waals surface area contributed by atoms with Gasteiger partial charge in [-0.2, -0.15) is 5.10 Å². The summed E-state index contributed by atoms with van der Waals surface area (Å²) in [4.78, 5) is 16.5. The lowest BCUT2D eigenvalue weighted by Crippen LogP contribution is -2.49. The highest BCUT2D eigenvalue weighted by Crippen LogP contribution is 2.21. The van der Waals surface area contributed by atoms with Crippen LogP contribution < -0.4 is 0 Å². The molecule has 2 heterocycles. The van der Waals surface area contributed by atoms with Crippen LogP contribution in [0.3, 0.4) is 0 Å². The Morgan fingerprint density at radius 1 is 1.50 bits per heavy atom. The van der Waals surface area contributed by atoms with Gasteiger partial charge >= 0.3 is 0 Å². The molecule has 1 fully saturated rings. The van der Waals surface area contributed by atoms with Gasteiger partial charge in [0.2, 0.25) is 0 Å². The number of aliphatic hydroxyl groups excluding tert-OH is 1. The summed E-state index contributed by atoms with van der Waals surface area (Å²) in [6, 6.07) is 0. The first kappa shape index (κ1) is 17.0. The molecule has 124 valence electrons. The van der Waals surface area contributed by atoms with Gasteiger partial charge in [-0.3, -0.25) is 9.48 Å². The summed E-state index contributed by atoms with van der Waals surface area (Å²) < 4.78 is 1.88. The lowest BCUT2D eigenvalue weighted by atomic mass is 9.93. The maximum Gasteiger partial charge on any atom is 0.257 e. The van der Waals surface area contributed by atoms with Crippen LogP contribution in [0.4, 0.5) is 0 Å². The molecular weight excluding hydrogens is 280 g/mol. The number of carbonyl (C=O) groups is 1. The normalized spacial score (nSPS) is 22.4. The fourth-order valence-electron chi connectivity index (χ4n) is 3.11. The van der Waals surface area contributed by atoms with E-state index in [1.807, 2.05) is 25.7 Å². The minimum atomic E-state index is -0.453. The second kappa shape index (κ2) is 7.24. The fourth-order valence-corrected chi connectivity index (χ4v) is 3.11. The number of amides is 1. The Hall–Kier alpha value is -1.40. The molecule has 1 amide bonds. The Morgan fingerprint density at radius 3 is 2.82 bits per heavy atom. The molecule has 0 aliphatic carbocycles. The zero-order valence-electron chi connectivity index (χ0n) is 14.1. The molecule has 2 rings (SSSR count). The van der Waals surface area contributed by atoms with E-state index in [-0.39, 0.29) is 11.8 Å². The molecule has 1 aliphatic heterocycles. The molecule has 0 aromatic carbocycles. The van der Waals surface area contributed by atoms with E-state index < -0.39 is 6.10 Å². The quantitative estimate of drug-likeness (QED) is 0.881. The lowest BCUT2D eigenvalue weighted by molar-refractivity contribution is 0.0124. The molecule has 1 aromatic rings. The maximum atomic E-state index is 12.7. The highest BCUT2D eigenvalue weighted by molar-refractivity contribution is 5.95. The average Bonchev–Trinajstić information content (AvgIpc) is 2.82. The molecule has 22 heavy (non-hydrogen) atoms. The minimum Gasteiger partial charge on any atom is -0.391 e. The van der Waals surface area contributed by atoms with Crippen LogP contribution in [0.15, 0.2) is 6.20 Å². The second-order valence-corrected chi connectivity index (χ2v) is 6.50. The van der Waals surface area contributed by atoms with Gasteiger partial charge in [0.15, 0.2) is 0 Å². The van der Waals surface area contributed by atoms with Crippen LogP contribution in [0.25, 0.3) is 0 Å². The summed E-state index contributed by atoms with van der Waals surface area (Å²) in [5, 5.41) is 14.6. The van der Waals surface area contributed by atoms with E-state index in [4.69, 9.17) is 0 Å². The highest BCUT2D eigenvalue weighted by Gasteiger charge is 2.31. The van der Waals surface area contributed by atoms with Crippen LogP contribution >= 0.6 is 0 Å². The van der Waals surface area contributed by atoms with Crippen molar-refractivity contribution in [2.45, 2.75) is 39.3 Å². The number of hydrogen-bond acceptors (Lipinski definition) is 4. The van der Waals surface area contributed by atoms with E-state index >= 15 is 0 Å². The molecule has 0 spiro atoms. The van der Waals surface area contributed by atoms with Crippen LogP contribution in [0.1, 0.15) is 35.8 Å². The number of hydrogen-bond donors (Lipinski definition) is 1. The zero-order valence-corrected chi connectivity index (χ0v) is 14.1. The summed E-state index contributed by atoms with van der Waals surface area (Å²) in [7, 11) is 4.02. The fraction of sp³-hybridized carbons (Fsp3) is 0.750. The van der Waals surface area contributed by atoms with Crippen LogP contribution in [-0.2, 0) is 6.54 Å². The predicted molar refractivity (Wildman–Crippen MR) is 85.8 cm³/mol. The summed E-state index contributed by atoms with van der Waals surface area (Å²) >= 11 is 0. The van der Waals surface area contributed by atoms with Crippen molar-refractivity contribution < 1.29 is 9.90 Å². The average molecular weight is 308 g/mol. The number of aryl methyl sites for hydroxylation is 1. The van der Waals surface area contributed by atoms with E-state index in [0.717, 1.165) is 31.6 Å². The van der Waals surface area contributed by atoms with Crippen LogP contribution in [0.5, 0.6) is 0 Å². The van der Waals surface area contributed by atoms with Crippen molar-refractivity contribution in [3.63, 3.8) is 0 Å². The SMILES string of the molecule is CCCn1ncc(C(=O)N2CC[C@@H](CN(C)C)[C@H](O)C2)c1C. The van der Waals surface area contributed by atoms with Gasteiger partial charge in [-0.25, -0.2) is 0 Å². The summed E-state index contributed by atoms with van der Waals surface area (Å²) in [6.07, 6.45) is 3.04. The first-order valence-corrected chi connectivity index (χ1v) is 8.08. The van der Waals surface area contributed by atoms with Gasteiger partial charge in [0.25, 0.3) is 5.91 Å². The molecule has 2 atom stereocenters. The topological polar surface area (TPSA) is 61.6 Å². The number of carbonyl (C=O) groups excluding carboxylic acids is 1. The second-order valence-electron chi connectivity index (χ2n) is 6.50. The Morgan fingerprint density at radius 2 is 2.23 bits per heavy atom. The Kier molecular flexibility index (Phi) is 5.58. The third-order valence-corrected chi connectivity index (χ3v) is 4.38. The smallest absolute Gasteiger partial charge is 0.257 e. The van der Waals surface area contributed by atoms with E-state index in [2.05, 4.69) is 16.9 Å². The van der Waals surface area contributed by atoms with Gasteiger partial charge in [0, 0.05) is 37.8 Å². The van der Waals surface area contributed by atoms with Crippen molar-refractivity contribution in [2.75, 3.05) is 33.7 Å². The number of nitrogens with zero attached hydrogens (tertiary/aromatic N) is 4. The van der Waals surface area contributed by atoms with Crippen molar-refractivity contribution in [3.8, 4) is 0 Å². The van der Waals surface area contributed by atoms with Gasteiger partial charge in [0.1, 0.15) is 0 Å². The molecule has 0 unspecified atom stereocenters. The van der Waals surface area contributed by atoms with Crippen LogP contribution in [0.2, 0.25) is 0 Å². The standard InChI is InChI=1S/C16H28N4O2/c1-5-7-20-12(2)14(9-17-20)16(22)19-8-6-13(10-18(3)4)15(21)11-19/h9,13,15,21H,5-8,10-11H2,1-4H3/t13-,15+/m0/s1. The first-order valence-electron chi connectivity index (χ1n) is 8.08. The van der Waals surface area contributed by atoms with Crippen molar-refractivity contribution in [1.29, 1.82) is 0 Å². The highest BCUT2D eigenvalue weighted by atomic mass is 16.3. The maximum absolute atomic E-state index is 12.7. The van der Waals surface area contributed by atoms with Gasteiger partial charge in [-0.1, -0.05) is 6.92 Å². The van der Waals surface area contributed by atoms with E-state index in [9.17, 15) is 9.90 Å². The Balaban J connectivity index is 2.02. The van der Waals surface area contributed by atoms with Gasteiger partial charge in [-0.15, -0.1) is 0 Å². The van der Waals surface area contributed by atoms with Crippen LogP contribution in [-0.4, -0.2) is 70.4 Å². The Bertz CT molecular complexity index is 512. The molecule has 6 nitrogen and oxygen atoms in total. The summed E-state index contributed by atoms with van der Waals surface area (Å²) in [5.41, 5.74) is 1.57. The number of aromatic nitrogens is 2. The van der Waals surface area contributed by atoms with Gasteiger partial charge in [-0.05, 0) is 33.9 Å². The molecular formula is C16H28N4O2. The Labute approximate surface area is 132 Å². The number of β-amino-alcohol motifs (C(OH)–C–C–N with tert-alkyl or cyclic N) is 1. The lowest BCUT2D eigenvalue weighted by Gasteiger charge is -2.37. The molecule has 0 bridgehead atoms. The zero-order chi connectivity index (χ0) is 16.3. The number of likely N-dealkylation sites (tertiary alicyclic amines) is 1. The molecule has 0 radical (unpaired) electrons. The van der Waals surface area contributed by atoms with Crippen molar-refractivity contribution >= 4 is 5.91 Å². The molecule has 0 saturated carbocycles. The molecule has 1 N–H and O–H groups in total. The number of rotatable bonds is 5.